The van der Waals surface area contributed by atoms with E-state index < -0.39 is 0 Å². The molecule has 13 heavy (non-hydrogen) atoms. The Bertz CT molecular complexity index is 454. The van der Waals surface area contributed by atoms with Crippen molar-refractivity contribution in [3.63, 3.8) is 0 Å². The highest BCUT2D eigenvalue weighted by molar-refractivity contribution is 6.30. The Morgan fingerprint density at radius 2 is 2.23 bits per heavy atom. The molecule has 0 amide bonds. The summed E-state index contributed by atoms with van der Waals surface area (Å²) < 4.78 is 6.59. The van der Waals surface area contributed by atoms with E-state index in [0.29, 0.717) is 21.8 Å². The van der Waals surface area contributed by atoms with E-state index in [2.05, 4.69) is 9.97 Å². The molecule has 0 radical (unpaired) electrons. The second kappa shape index (κ2) is 3.05. The molecule has 2 aromatic rings. The van der Waals surface area contributed by atoms with Gasteiger partial charge in [-0.05, 0) is 0 Å². The molecule has 0 aliphatic heterocycles. The van der Waals surface area contributed by atoms with Crippen LogP contribution in [-0.2, 0) is 0 Å². The molecule has 0 saturated heterocycles. The zero-order valence-electron chi connectivity index (χ0n) is 6.66. The molecule has 68 valence electrons. The van der Waals surface area contributed by atoms with E-state index >= 15 is 0 Å². The van der Waals surface area contributed by atoms with Gasteiger partial charge >= 0.3 is 0 Å². The van der Waals surface area contributed by atoms with Crippen LogP contribution in [0.4, 0.5) is 0 Å². The SMILES string of the molecule is COc1nc(Cl)cn2c(Cl)cnc12. The Hall–Kier alpha value is -1.00. The first-order valence-corrected chi connectivity index (χ1v) is 4.21. The zero-order valence-corrected chi connectivity index (χ0v) is 8.17. The lowest BCUT2D eigenvalue weighted by Gasteiger charge is -2.01. The first-order chi connectivity index (χ1) is 6.22. The monoisotopic (exact) mass is 217 g/mol. The largest absolute Gasteiger partial charge is 0.478 e. The number of methoxy groups -OCH3 is 1. The first-order valence-electron chi connectivity index (χ1n) is 3.45. The van der Waals surface area contributed by atoms with Crippen LogP contribution in [0, 0.1) is 0 Å². The van der Waals surface area contributed by atoms with E-state index in [1.165, 1.54) is 13.3 Å². The number of fused-ring (bicyclic) bond motifs is 1. The predicted molar refractivity (Wildman–Crippen MR) is 49.6 cm³/mol. The molecular formula is C7H5Cl2N3O. The molecule has 2 aromatic heterocycles. The molecule has 0 saturated carbocycles. The van der Waals surface area contributed by atoms with Crippen molar-refractivity contribution >= 4 is 28.8 Å². The van der Waals surface area contributed by atoms with Crippen molar-refractivity contribution in [1.29, 1.82) is 0 Å². The van der Waals surface area contributed by atoms with E-state index in [1.54, 1.807) is 10.6 Å². The Morgan fingerprint density at radius 1 is 1.46 bits per heavy atom. The fourth-order valence-corrected chi connectivity index (χ4v) is 1.39. The van der Waals surface area contributed by atoms with E-state index in [0.717, 1.165) is 0 Å². The standard InChI is InChI=1S/C7H5Cl2N3O/c1-13-7-6-10-2-5(9)12(6)3-4(8)11-7/h2-3H,1H3. The highest BCUT2D eigenvalue weighted by Gasteiger charge is 2.09. The summed E-state index contributed by atoms with van der Waals surface area (Å²) >= 11 is 11.6. The van der Waals surface area contributed by atoms with Crippen LogP contribution in [0.25, 0.3) is 5.65 Å². The van der Waals surface area contributed by atoms with Gasteiger partial charge in [0.25, 0.3) is 5.88 Å². The molecule has 0 unspecified atom stereocenters. The minimum Gasteiger partial charge on any atom is -0.478 e. The average Bonchev–Trinajstić information content (AvgIpc) is 2.47. The van der Waals surface area contributed by atoms with Gasteiger partial charge in [-0.25, -0.2) is 4.98 Å². The summed E-state index contributed by atoms with van der Waals surface area (Å²) in [6.45, 7) is 0. The topological polar surface area (TPSA) is 39.4 Å². The summed E-state index contributed by atoms with van der Waals surface area (Å²) in [5.41, 5.74) is 0.553. The number of imidazole rings is 1. The molecule has 2 heterocycles. The molecule has 6 heteroatoms. The predicted octanol–water partition coefficient (Wildman–Crippen LogP) is 2.04. The van der Waals surface area contributed by atoms with Gasteiger partial charge in [-0.15, -0.1) is 0 Å². The van der Waals surface area contributed by atoms with Crippen LogP contribution in [0.2, 0.25) is 10.3 Å². The maximum absolute atomic E-state index is 5.83. The quantitative estimate of drug-likeness (QED) is 0.735. The number of rotatable bonds is 1. The van der Waals surface area contributed by atoms with E-state index in [4.69, 9.17) is 27.9 Å². The van der Waals surface area contributed by atoms with Crippen LogP contribution < -0.4 is 4.74 Å². The average molecular weight is 218 g/mol. The summed E-state index contributed by atoms with van der Waals surface area (Å²) in [6, 6.07) is 0. The van der Waals surface area contributed by atoms with Gasteiger partial charge in [-0.2, -0.15) is 4.98 Å². The molecule has 0 fully saturated rings. The summed E-state index contributed by atoms with van der Waals surface area (Å²) in [6.07, 6.45) is 3.09. The Kier molecular flexibility index (Phi) is 2.01. The van der Waals surface area contributed by atoms with Crippen LogP contribution in [-0.4, -0.2) is 21.5 Å². The van der Waals surface area contributed by atoms with Gasteiger partial charge in [0.15, 0.2) is 0 Å². The van der Waals surface area contributed by atoms with Gasteiger partial charge < -0.3 is 4.74 Å². The fourth-order valence-electron chi connectivity index (χ4n) is 1.04. The van der Waals surface area contributed by atoms with Crippen molar-refractivity contribution in [2.45, 2.75) is 0 Å². The highest BCUT2D eigenvalue weighted by atomic mass is 35.5. The summed E-state index contributed by atoms with van der Waals surface area (Å²) in [7, 11) is 1.50. The third kappa shape index (κ3) is 1.32. The molecule has 0 spiro atoms. The minimum atomic E-state index is 0.309. The molecule has 0 aliphatic rings. The third-order valence-corrected chi connectivity index (χ3v) is 2.04. The number of halogens is 2. The Balaban J connectivity index is 2.84. The van der Waals surface area contributed by atoms with Crippen molar-refractivity contribution in [3.05, 3.63) is 22.7 Å². The molecule has 0 bridgehead atoms. The number of hydrogen-bond acceptors (Lipinski definition) is 3. The van der Waals surface area contributed by atoms with Crippen LogP contribution in [0.3, 0.4) is 0 Å². The maximum atomic E-state index is 5.83. The molecule has 0 aromatic carbocycles. The van der Waals surface area contributed by atoms with Crippen molar-refractivity contribution in [2.24, 2.45) is 0 Å². The van der Waals surface area contributed by atoms with Gasteiger partial charge in [0.05, 0.1) is 13.3 Å². The first kappa shape index (κ1) is 8.59. The molecule has 0 atom stereocenters. The van der Waals surface area contributed by atoms with Crippen molar-refractivity contribution in [3.8, 4) is 5.88 Å². The second-order valence-corrected chi connectivity index (χ2v) is 3.12. The number of hydrogen-bond donors (Lipinski definition) is 0. The van der Waals surface area contributed by atoms with Crippen LogP contribution >= 0.6 is 23.2 Å². The van der Waals surface area contributed by atoms with Crippen LogP contribution in [0.5, 0.6) is 5.88 Å². The lowest BCUT2D eigenvalue weighted by molar-refractivity contribution is 0.400. The molecule has 0 N–H and O–H groups in total. The van der Waals surface area contributed by atoms with Gasteiger partial charge in [0.2, 0.25) is 5.65 Å². The van der Waals surface area contributed by atoms with Crippen LogP contribution in [0.15, 0.2) is 12.4 Å². The smallest absolute Gasteiger partial charge is 0.259 e. The van der Waals surface area contributed by atoms with Crippen molar-refractivity contribution in [2.75, 3.05) is 7.11 Å². The van der Waals surface area contributed by atoms with E-state index in [1.807, 2.05) is 0 Å². The normalized spacial score (nSPS) is 10.7. The molecule has 4 nitrogen and oxygen atoms in total. The fraction of sp³-hybridized carbons (Fsp3) is 0.143. The molecular weight excluding hydrogens is 213 g/mol. The Morgan fingerprint density at radius 3 is 2.92 bits per heavy atom. The van der Waals surface area contributed by atoms with Gasteiger partial charge in [-0.1, -0.05) is 23.2 Å². The Labute approximate surface area is 84.1 Å². The third-order valence-electron chi connectivity index (χ3n) is 1.58. The number of ether oxygens (including phenoxy) is 1. The zero-order chi connectivity index (χ0) is 9.42. The van der Waals surface area contributed by atoms with Crippen molar-refractivity contribution in [1.82, 2.24) is 14.4 Å². The molecule has 2 rings (SSSR count). The number of nitrogens with zero attached hydrogens (tertiary/aromatic N) is 3. The van der Waals surface area contributed by atoms with Gasteiger partial charge in [0.1, 0.15) is 10.3 Å². The van der Waals surface area contributed by atoms with E-state index in [9.17, 15) is 0 Å². The summed E-state index contributed by atoms with van der Waals surface area (Å²) in [5, 5.41) is 0.779. The van der Waals surface area contributed by atoms with Gasteiger partial charge in [0, 0.05) is 6.20 Å². The van der Waals surface area contributed by atoms with Crippen molar-refractivity contribution < 1.29 is 4.74 Å². The number of aromatic nitrogens is 3. The molecule has 0 aliphatic carbocycles. The van der Waals surface area contributed by atoms with E-state index in [-0.39, 0.29) is 0 Å². The second-order valence-electron chi connectivity index (χ2n) is 2.35. The summed E-state index contributed by atoms with van der Waals surface area (Å²) in [5.74, 6) is 0.361. The minimum absolute atomic E-state index is 0.309. The maximum Gasteiger partial charge on any atom is 0.259 e. The lowest BCUT2D eigenvalue weighted by atomic mass is 10.6. The van der Waals surface area contributed by atoms with Crippen LogP contribution in [0.1, 0.15) is 0 Å². The van der Waals surface area contributed by atoms with Gasteiger partial charge in [-0.3, -0.25) is 4.40 Å². The lowest BCUT2D eigenvalue weighted by Crippen LogP contribution is -1.94. The summed E-state index contributed by atoms with van der Waals surface area (Å²) in [4.78, 5) is 7.95. The highest BCUT2D eigenvalue weighted by Crippen LogP contribution is 2.22.